The zero-order valence-electron chi connectivity index (χ0n) is 18.3. The summed E-state index contributed by atoms with van der Waals surface area (Å²) in [4.78, 5) is 36.6. The average Bonchev–Trinajstić information content (AvgIpc) is 3.16. The quantitative estimate of drug-likeness (QED) is 0.447. The molecule has 8 nitrogen and oxygen atoms in total. The maximum absolute atomic E-state index is 12.8. The number of carbonyl (C=O) groups is 3. The Labute approximate surface area is 206 Å². The lowest BCUT2D eigenvalue weighted by molar-refractivity contribution is -0.139. The Morgan fingerprint density at radius 3 is 2.26 bits per heavy atom. The van der Waals surface area contributed by atoms with Crippen LogP contribution >= 0.6 is 11.6 Å². The second kappa shape index (κ2) is 10.3. The van der Waals surface area contributed by atoms with E-state index in [4.69, 9.17) is 16.3 Å². The molecule has 2 amide bonds. The molecule has 1 unspecified atom stereocenters. The number of carbonyl (C=O) groups excluding carboxylic acids is 2. The Morgan fingerprint density at radius 1 is 1.03 bits per heavy atom. The van der Waals surface area contributed by atoms with E-state index < -0.39 is 30.4 Å². The van der Waals surface area contributed by atoms with Gasteiger partial charge in [-0.25, -0.2) is 4.79 Å². The predicted octanol–water partition coefficient (Wildman–Crippen LogP) is 4.53. The summed E-state index contributed by atoms with van der Waals surface area (Å²) in [5.41, 5.74) is 4.41. The SMILES string of the molecule is N#Cc1ccc(Cl)cc1NC(=O)C(CC(=O)O)NC(=O)OCC1c2ccccc2-c2ccccc21. The highest BCUT2D eigenvalue weighted by molar-refractivity contribution is 6.31. The lowest BCUT2D eigenvalue weighted by Gasteiger charge is -2.19. The third kappa shape index (κ3) is 5.26. The number of hydrogen-bond acceptors (Lipinski definition) is 5. The molecular formula is C26H20ClN3O5. The van der Waals surface area contributed by atoms with Crippen molar-refractivity contribution in [1.82, 2.24) is 5.32 Å². The fourth-order valence-electron chi connectivity index (χ4n) is 4.10. The molecule has 3 N–H and O–H groups in total. The van der Waals surface area contributed by atoms with Crippen LogP contribution in [0.3, 0.4) is 0 Å². The average molecular weight is 490 g/mol. The molecule has 35 heavy (non-hydrogen) atoms. The van der Waals surface area contributed by atoms with Crippen LogP contribution in [0, 0.1) is 11.3 Å². The Bertz CT molecular complexity index is 1310. The minimum atomic E-state index is -1.44. The van der Waals surface area contributed by atoms with Crippen molar-refractivity contribution in [1.29, 1.82) is 5.26 Å². The number of amides is 2. The number of benzene rings is 3. The first-order chi connectivity index (χ1) is 16.9. The summed E-state index contributed by atoms with van der Waals surface area (Å²) >= 11 is 5.94. The number of aliphatic carboxylic acids is 1. The largest absolute Gasteiger partial charge is 0.481 e. The normalized spacial score (nSPS) is 12.6. The molecule has 1 aliphatic rings. The van der Waals surface area contributed by atoms with Gasteiger partial charge in [-0.15, -0.1) is 0 Å². The van der Waals surface area contributed by atoms with Crippen molar-refractivity contribution in [3.05, 3.63) is 88.4 Å². The molecule has 0 spiro atoms. The molecule has 3 aromatic rings. The van der Waals surface area contributed by atoms with Gasteiger partial charge in [0.2, 0.25) is 5.91 Å². The van der Waals surface area contributed by atoms with Crippen molar-refractivity contribution < 1.29 is 24.2 Å². The molecule has 3 aromatic carbocycles. The number of fused-ring (bicyclic) bond motifs is 3. The molecule has 0 radical (unpaired) electrons. The van der Waals surface area contributed by atoms with E-state index >= 15 is 0 Å². The highest BCUT2D eigenvalue weighted by Gasteiger charge is 2.30. The highest BCUT2D eigenvalue weighted by atomic mass is 35.5. The standard InChI is InChI=1S/C26H20ClN3O5/c27-16-10-9-15(13-28)22(11-16)29-25(33)23(12-24(31)32)30-26(34)35-14-21-19-7-3-1-5-17(19)18-6-2-4-8-20(18)21/h1-11,21,23H,12,14H2,(H,29,33)(H,30,34)(H,31,32). The molecule has 0 bridgehead atoms. The molecule has 0 heterocycles. The van der Waals surface area contributed by atoms with Crippen LogP contribution in [0.4, 0.5) is 10.5 Å². The summed E-state index contributed by atoms with van der Waals surface area (Å²) in [6, 6.07) is 20.4. The van der Waals surface area contributed by atoms with Crippen molar-refractivity contribution in [3.8, 4) is 17.2 Å². The lowest BCUT2D eigenvalue weighted by Crippen LogP contribution is -2.45. The van der Waals surface area contributed by atoms with Crippen LogP contribution in [0.1, 0.15) is 29.0 Å². The predicted molar refractivity (Wildman–Crippen MR) is 129 cm³/mol. The second-order valence-corrected chi connectivity index (χ2v) is 8.35. The number of nitriles is 1. The van der Waals surface area contributed by atoms with Crippen molar-refractivity contribution in [3.63, 3.8) is 0 Å². The monoisotopic (exact) mass is 489 g/mol. The van der Waals surface area contributed by atoms with Gasteiger partial charge in [-0.2, -0.15) is 5.26 Å². The van der Waals surface area contributed by atoms with Crippen molar-refractivity contribution in [2.75, 3.05) is 11.9 Å². The Hall–Kier alpha value is -4.35. The van der Waals surface area contributed by atoms with E-state index in [2.05, 4.69) is 10.6 Å². The summed E-state index contributed by atoms with van der Waals surface area (Å²) in [6.45, 7) is 0.00808. The smallest absolute Gasteiger partial charge is 0.407 e. The van der Waals surface area contributed by atoms with Gasteiger partial charge in [0, 0.05) is 10.9 Å². The molecule has 0 aromatic heterocycles. The van der Waals surface area contributed by atoms with Crippen molar-refractivity contribution >= 4 is 35.3 Å². The second-order valence-electron chi connectivity index (χ2n) is 7.91. The number of nitrogens with one attached hydrogen (secondary N) is 2. The first-order valence-corrected chi connectivity index (χ1v) is 11.1. The van der Waals surface area contributed by atoms with E-state index in [1.54, 1.807) is 0 Å². The summed E-state index contributed by atoms with van der Waals surface area (Å²) in [5, 5.41) is 23.5. The molecule has 1 atom stereocenters. The fourth-order valence-corrected chi connectivity index (χ4v) is 4.28. The van der Waals surface area contributed by atoms with Gasteiger partial charge >= 0.3 is 12.1 Å². The molecule has 0 saturated carbocycles. The Morgan fingerprint density at radius 2 is 1.66 bits per heavy atom. The number of hydrogen-bond donors (Lipinski definition) is 3. The van der Waals surface area contributed by atoms with Crippen molar-refractivity contribution in [2.24, 2.45) is 0 Å². The topological polar surface area (TPSA) is 129 Å². The third-order valence-electron chi connectivity index (χ3n) is 5.69. The number of anilines is 1. The zero-order chi connectivity index (χ0) is 24.9. The maximum Gasteiger partial charge on any atom is 0.407 e. The van der Waals surface area contributed by atoms with E-state index in [1.807, 2.05) is 54.6 Å². The Kier molecular flexibility index (Phi) is 6.99. The van der Waals surface area contributed by atoms with Gasteiger partial charge in [0.05, 0.1) is 17.7 Å². The first-order valence-electron chi connectivity index (χ1n) is 10.7. The number of carboxylic acids is 1. The molecule has 0 fully saturated rings. The van der Waals surface area contributed by atoms with Gasteiger partial charge in [0.15, 0.2) is 0 Å². The van der Waals surface area contributed by atoms with Crippen LogP contribution in [0.5, 0.6) is 0 Å². The summed E-state index contributed by atoms with van der Waals surface area (Å²) in [5.74, 6) is -2.31. The molecule has 176 valence electrons. The molecule has 0 aliphatic heterocycles. The highest BCUT2D eigenvalue weighted by Crippen LogP contribution is 2.44. The number of nitrogens with zero attached hydrogens (tertiary/aromatic N) is 1. The van der Waals surface area contributed by atoms with E-state index in [0.717, 1.165) is 22.3 Å². The summed E-state index contributed by atoms with van der Waals surface area (Å²) < 4.78 is 5.42. The molecule has 4 rings (SSSR count). The van der Waals surface area contributed by atoms with Gasteiger partial charge < -0.3 is 20.5 Å². The molecule has 9 heteroatoms. The minimum Gasteiger partial charge on any atom is -0.481 e. The molecular weight excluding hydrogens is 470 g/mol. The van der Waals surface area contributed by atoms with Gasteiger partial charge in [-0.3, -0.25) is 9.59 Å². The minimum absolute atomic E-state index is 0.00808. The molecule has 0 saturated heterocycles. The van der Waals surface area contributed by atoms with Crippen LogP contribution in [0.2, 0.25) is 5.02 Å². The van der Waals surface area contributed by atoms with Crippen LogP contribution in [0.15, 0.2) is 66.7 Å². The number of halogens is 1. The van der Waals surface area contributed by atoms with E-state index in [1.165, 1.54) is 18.2 Å². The first kappa shape index (κ1) is 23.8. The van der Waals surface area contributed by atoms with Crippen LogP contribution in [-0.2, 0) is 14.3 Å². The fraction of sp³-hybridized carbons (Fsp3) is 0.154. The van der Waals surface area contributed by atoms with Gasteiger partial charge in [-0.05, 0) is 40.5 Å². The number of rotatable bonds is 7. The van der Waals surface area contributed by atoms with Gasteiger partial charge in [0.25, 0.3) is 0 Å². The van der Waals surface area contributed by atoms with E-state index in [0.29, 0.717) is 0 Å². The lowest BCUT2D eigenvalue weighted by atomic mass is 9.98. The van der Waals surface area contributed by atoms with Crippen molar-refractivity contribution in [2.45, 2.75) is 18.4 Å². The zero-order valence-corrected chi connectivity index (χ0v) is 19.1. The number of carboxylic acid groups (broad SMARTS) is 1. The number of alkyl carbamates (subject to hydrolysis) is 1. The van der Waals surface area contributed by atoms with Gasteiger partial charge in [0.1, 0.15) is 18.7 Å². The third-order valence-corrected chi connectivity index (χ3v) is 5.93. The van der Waals surface area contributed by atoms with E-state index in [9.17, 15) is 24.8 Å². The van der Waals surface area contributed by atoms with Crippen LogP contribution in [0.25, 0.3) is 11.1 Å². The summed E-state index contributed by atoms with van der Waals surface area (Å²) in [6.07, 6.45) is -1.61. The summed E-state index contributed by atoms with van der Waals surface area (Å²) in [7, 11) is 0. The molecule has 1 aliphatic carbocycles. The van der Waals surface area contributed by atoms with E-state index in [-0.39, 0.29) is 28.8 Å². The van der Waals surface area contributed by atoms with Crippen LogP contribution in [-0.4, -0.2) is 35.7 Å². The maximum atomic E-state index is 12.8. The Balaban J connectivity index is 1.45. The number of ether oxygens (including phenoxy) is 1. The van der Waals surface area contributed by atoms with Crippen LogP contribution < -0.4 is 10.6 Å². The van der Waals surface area contributed by atoms with Gasteiger partial charge in [-0.1, -0.05) is 60.1 Å².